The molecular formula is C26H32N4O2. The number of piperazine rings is 1. The molecule has 6 heteroatoms. The van der Waals surface area contributed by atoms with Gasteiger partial charge in [-0.15, -0.1) is 0 Å². The Morgan fingerprint density at radius 3 is 2.75 bits per heavy atom. The summed E-state index contributed by atoms with van der Waals surface area (Å²) in [6.45, 7) is 6.65. The highest BCUT2D eigenvalue weighted by Gasteiger charge is 2.33. The van der Waals surface area contributed by atoms with Crippen LogP contribution in [0.5, 0.6) is 0 Å². The van der Waals surface area contributed by atoms with Gasteiger partial charge in [0.1, 0.15) is 11.9 Å². The van der Waals surface area contributed by atoms with E-state index >= 15 is 0 Å². The number of rotatable bonds is 7. The first-order valence-electron chi connectivity index (χ1n) is 11.6. The fourth-order valence-electron chi connectivity index (χ4n) is 4.55. The Morgan fingerprint density at radius 2 is 2.09 bits per heavy atom. The number of pyridine rings is 1. The molecule has 1 aliphatic carbocycles. The molecule has 1 unspecified atom stereocenters. The van der Waals surface area contributed by atoms with Gasteiger partial charge in [-0.2, -0.15) is 5.26 Å². The maximum atomic E-state index is 12.5. The van der Waals surface area contributed by atoms with Gasteiger partial charge in [0, 0.05) is 44.3 Å². The van der Waals surface area contributed by atoms with E-state index in [1.807, 2.05) is 11.0 Å². The number of aryl methyl sites for hydroxylation is 1. The maximum absolute atomic E-state index is 12.5. The van der Waals surface area contributed by atoms with Crippen LogP contribution in [-0.4, -0.2) is 55.2 Å². The van der Waals surface area contributed by atoms with Crippen LogP contribution in [0.15, 0.2) is 30.3 Å². The van der Waals surface area contributed by atoms with E-state index in [2.05, 4.69) is 49.1 Å². The molecule has 4 rings (SSSR count). The summed E-state index contributed by atoms with van der Waals surface area (Å²) in [4.78, 5) is 21.7. The number of amides is 1. The first-order valence-corrected chi connectivity index (χ1v) is 11.6. The second-order valence-electron chi connectivity index (χ2n) is 8.86. The Labute approximate surface area is 190 Å². The van der Waals surface area contributed by atoms with Crippen molar-refractivity contribution in [2.75, 3.05) is 38.3 Å². The lowest BCUT2D eigenvalue weighted by molar-refractivity contribution is -0.134. The Bertz CT molecular complexity index is 1020. The standard InChI is InChI=1S/C26H32N4O2/c1-4-19-6-5-7-21(14-19)23-15-22(16-27)26(28-25(23)20-8-9-20)29-11-12-30(18(2)17-29)24(31)10-13-32-3/h5-7,14-15,18,20H,4,8-13,17H2,1-3H3. The van der Waals surface area contributed by atoms with Gasteiger partial charge >= 0.3 is 0 Å². The van der Waals surface area contributed by atoms with Crippen molar-refractivity contribution in [2.45, 2.75) is 51.5 Å². The number of methoxy groups -OCH3 is 1. The highest BCUT2D eigenvalue weighted by molar-refractivity contribution is 5.77. The number of nitrogens with zero attached hydrogens (tertiary/aromatic N) is 4. The van der Waals surface area contributed by atoms with Gasteiger partial charge in [0.15, 0.2) is 0 Å². The summed E-state index contributed by atoms with van der Waals surface area (Å²) in [5.41, 5.74) is 5.24. The van der Waals surface area contributed by atoms with E-state index in [0.717, 1.165) is 41.9 Å². The molecule has 2 aromatic rings. The minimum absolute atomic E-state index is 0.0618. The minimum Gasteiger partial charge on any atom is -0.384 e. The van der Waals surface area contributed by atoms with Crippen LogP contribution in [0.25, 0.3) is 11.1 Å². The smallest absolute Gasteiger partial charge is 0.225 e. The van der Waals surface area contributed by atoms with Crippen LogP contribution in [0.2, 0.25) is 0 Å². The van der Waals surface area contributed by atoms with Crippen molar-refractivity contribution < 1.29 is 9.53 Å². The molecule has 168 valence electrons. The van der Waals surface area contributed by atoms with E-state index in [0.29, 0.717) is 44.1 Å². The number of ether oxygens (including phenoxy) is 1. The van der Waals surface area contributed by atoms with Crippen LogP contribution in [0, 0.1) is 11.3 Å². The minimum atomic E-state index is 0.0618. The first-order chi connectivity index (χ1) is 15.5. The topological polar surface area (TPSA) is 69.5 Å². The Morgan fingerprint density at radius 1 is 1.28 bits per heavy atom. The lowest BCUT2D eigenvalue weighted by Crippen LogP contribution is -2.54. The molecule has 1 saturated heterocycles. The zero-order chi connectivity index (χ0) is 22.7. The van der Waals surface area contributed by atoms with Crippen LogP contribution in [0.3, 0.4) is 0 Å². The normalized spacial score (nSPS) is 18.5. The monoisotopic (exact) mass is 432 g/mol. The molecule has 2 heterocycles. The Hall–Kier alpha value is -2.91. The van der Waals surface area contributed by atoms with Gasteiger partial charge in [0.05, 0.1) is 24.3 Å². The second-order valence-corrected chi connectivity index (χ2v) is 8.86. The van der Waals surface area contributed by atoms with Gasteiger partial charge in [-0.1, -0.05) is 31.2 Å². The van der Waals surface area contributed by atoms with Gasteiger partial charge < -0.3 is 14.5 Å². The Balaban J connectivity index is 1.63. The Kier molecular flexibility index (Phi) is 6.76. The van der Waals surface area contributed by atoms with E-state index in [9.17, 15) is 10.1 Å². The van der Waals surface area contributed by atoms with Gasteiger partial charge in [0.2, 0.25) is 5.91 Å². The lowest BCUT2D eigenvalue weighted by Gasteiger charge is -2.41. The van der Waals surface area contributed by atoms with E-state index in [1.165, 1.54) is 5.56 Å². The van der Waals surface area contributed by atoms with E-state index in [-0.39, 0.29) is 11.9 Å². The van der Waals surface area contributed by atoms with Gasteiger partial charge in [-0.25, -0.2) is 4.98 Å². The molecule has 0 bridgehead atoms. The van der Waals surface area contributed by atoms with E-state index in [4.69, 9.17) is 9.72 Å². The van der Waals surface area contributed by atoms with Crippen LogP contribution in [0.1, 0.15) is 55.8 Å². The molecule has 0 N–H and O–H groups in total. The summed E-state index contributed by atoms with van der Waals surface area (Å²) in [6.07, 6.45) is 3.68. The van der Waals surface area contributed by atoms with Gasteiger partial charge in [-0.3, -0.25) is 4.79 Å². The largest absolute Gasteiger partial charge is 0.384 e. The molecule has 1 amide bonds. The predicted molar refractivity (Wildman–Crippen MR) is 126 cm³/mol. The lowest BCUT2D eigenvalue weighted by atomic mass is 9.97. The SMILES string of the molecule is CCc1cccc(-c2cc(C#N)c(N3CCN(C(=O)CCOC)C(C)C3)nc2C2CC2)c1. The summed E-state index contributed by atoms with van der Waals surface area (Å²) < 4.78 is 5.06. The third kappa shape index (κ3) is 4.63. The highest BCUT2D eigenvalue weighted by Crippen LogP contribution is 2.45. The van der Waals surface area contributed by atoms with Crippen molar-refractivity contribution in [1.82, 2.24) is 9.88 Å². The molecular weight excluding hydrogens is 400 g/mol. The number of hydrogen-bond donors (Lipinski definition) is 0. The molecule has 1 atom stereocenters. The fourth-order valence-corrected chi connectivity index (χ4v) is 4.55. The van der Waals surface area contributed by atoms with Crippen molar-refractivity contribution in [3.63, 3.8) is 0 Å². The molecule has 0 spiro atoms. The number of nitriles is 1. The summed E-state index contributed by atoms with van der Waals surface area (Å²) in [5, 5.41) is 9.97. The zero-order valence-corrected chi connectivity index (χ0v) is 19.3. The van der Waals surface area contributed by atoms with Crippen LogP contribution < -0.4 is 4.90 Å². The quantitative estimate of drug-likeness (QED) is 0.658. The molecule has 0 radical (unpaired) electrons. The fraction of sp³-hybridized carbons (Fsp3) is 0.500. The zero-order valence-electron chi connectivity index (χ0n) is 19.3. The molecule has 1 aromatic heterocycles. The maximum Gasteiger partial charge on any atom is 0.225 e. The summed E-state index contributed by atoms with van der Waals surface area (Å²) in [5.74, 6) is 1.36. The molecule has 1 aliphatic heterocycles. The summed E-state index contributed by atoms with van der Waals surface area (Å²) in [6, 6.07) is 13.1. The van der Waals surface area contributed by atoms with Gasteiger partial charge in [-0.05, 0) is 43.4 Å². The molecule has 2 fully saturated rings. The number of carbonyl (C=O) groups is 1. The van der Waals surface area contributed by atoms with Crippen molar-refractivity contribution in [3.8, 4) is 17.2 Å². The van der Waals surface area contributed by atoms with Crippen molar-refractivity contribution in [1.29, 1.82) is 5.26 Å². The third-order valence-electron chi connectivity index (χ3n) is 6.53. The highest BCUT2D eigenvalue weighted by atomic mass is 16.5. The number of anilines is 1. The van der Waals surface area contributed by atoms with E-state index in [1.54, 1.807) is 7.11 Å². The third-order valence-corrected chi connectivity index (χ3v) is 6.53. The van der Waals surface area contributed by atoms with Crippen LogP contribution in [0.4, 0.5) is 5.82 Å². The van der Waals surface area contributed by atoms with Crippen LogP contribution in [-0.2, 0) is 16.0 Å². The number of benzene rings is 1. The van der Waals surface area contributed by atoms with Gasteiger partial charge in [0.25, 0.3) is 0 Å². The number of aromatic nitrogens is 1. The van der Waals surface area contributed by atoms with Crippen LogP contribution >= 0.6 is 0 Å². The molecule has 1 aromatic carbocycles. The molecule has 32 heavy (non-hydrogen) atoms. The summed E-state index contributed by atoms with van der Waals surface area (Å²) in [7, 11) is 1.61. The van der Waals surface area contributed by atoms with Crippen molar-refractivity contribution in [3.05, 3.63) is 47.2 Å². The number of hydrogen-bond acceptors (Lipinski definition) is 5. The number of carbonyl (C=O) groups excluding carboxylic acids is 1. The average Bonchev–Trinajstić information content (AvgIpc) is 3.67. The molecule has 2 aliphatic rings. The second kappa shape index (κ2) is 9.70. The predicted octanol–water partition coefficient (Wildman–Crippen LogP) is 4.13. The van der Waals surface area contributed by atoms with Crippen molar-refractivity contribution in [2.24, 2.45) is 0 Å². The van der Waals surface area contributed by atoms with Crippen molar-refractivity contribution >= 4 is 11.7 Å². The summed E-state index contributed by atoms with van der Waals surface area (Å²) >= 11 is 0. The average molecular weight is 433 g/mol. The van der Waals surface area contributed by atoms with E-state index < -0.39 is 0 Å². The molecule has 6 nitrogen and oxygen atoms in total. The first kappa shape index (κ1) is 22.3. The molecule has 1 saturated carbocycles.